The molecule has 0 N–H and O–H groups in total. The Morgan fingerprint density at radius 3 is 1.78 bits per heavy atom. The molecule has 2 aliphatic rings. The van der Waals surface area contributed by atoms with Crippen molar-refractivity contribution in [3.8, 4) is 5.75 Å². The first kappa shape index (κ1) is 27.1. The van der Waals surface area contributed by atoms with Gasteiger partial charge in [0.05, 0.1) is 7.11 Å². The third kappa shape index (κ3) is 6.66. The molecule has 0 atom stereocenters. The zero-order chi connectivity index (χ0) is 25.5. The molecule has 0 bridgehead atoms. The van der Waals surface area contributed by atoms with E-state index in [1.54, 1.807) is 12.1 Å². The van der Waals surface area contributed by atoms with E-state index < -0.39 is 11.6 Å². The lowest BCUT2D eigenvalue weighted by atomic mass is 9.75. The van der Waals surface area contributed by atoms with Gasteiger partial charge in [0, 0.05) is 0 Å². The molecule has 0 amide bonds. The number of rotatable bonds is 10. The van der Waals surface area contributed by atoms with Gasteiger partial charge in [0.25, 0.3) is 0 Å². The molecule has 2 fully saturated rings. The van der Waals surface area contributed by atoms with Gasteiger partial charge in [-0.15, -0.1) is 0 Å². The van der Waals surface area contributed by atoms with Gasteiger partial charge in [-0.2, -0.15) is 0 Å². The van der Waals surface area contributed by atoms with E-state index in [9.17, 15) is 4.39 Å². The molecule has 4 heteroatoms. The van der Waals surface area contributed by atoms with Crippen molar-refractivity contribution in [1.82, 2.24) is 0 Å². The average Bonchev–Trinajstić information content (AvgIpc) is 2.90. The molecular formula is C32H43F3O. The first-order valence-corrected chi connectivity index (χ1v) is 14.3. The highest BCUT2D eigenvalue weighted by molar-refractivity contribution is 5.32. The highest BCUT2D eigenvalue weighted by Crippen LogP contribution is 2.42. The number of methoxy groups -OCH3 is 1. The quantitative estimate of drug-likeness (QED) is 0.295. The maximum atomic E-state index is 15.2. The van der Waals surface area contributed by atoms with E-state index in [-0.39, 0.29) is 23.4 Å². The summed E-state index contributed by atoms with van der Waals surface area (Å²) in [5.74, 6) is 0.326. The molecule has 0 heterocycles. The summed E-state index contributed by atoms with van der Waals surface area (Å²) < 4.78 is 49.4. The molecular weight excluding hydrogens is 457 g/mol. The van der Waals surface area contributed by atoms with E-state index in [1.807, 2.05) is 18.2 Å². The molecule has 0 aliphatic heterocycles. The van der Waals surface area contributed by atoms with Gasteiger partial charge in [0.2, 0.25) is 0 Å². The van der Waals surface area contributed by atoms with E-state index >= 15 is 8.78 Å². The normalized spacial score (nSPS) is 24.6. The van der Waals surface area contributed by atoms with Crippen LogP contribution < -0.4 is 4.74 Å². The molecule has 0 aromatic heterocycles. The molecule has 36 heavy (non-hydrogen) atoms. The molecule has 0 radical (unpaired) electrons. The number of halogens is 3. The number of aryl methyl sites for hydroxylation is 1. The van der Waals surface area contributed by atoms with Crippen molar-refractivity contribution in [2.45, 2.75) is 109 Å². The molecule has 198 valence electrons. The summed E-state index contributed by atoms with van der Waals surface area (Å²) in [4.78, 5) is 0. The fraction of sp³-hybridized carbons (Fsp3) is 0.625. The Labute approximate surface area is 215 Å². The smallest absolute Gasteiger partial charge is 0.165 e. The third-order valence-corrected chi connectivity index (χ3v) is 8.99. The predicted octanol–water partition coefficient (Wildman–Crippen LogP) is 9.87. The minimum atomic E-state index is -0.602. The van der Waals surface area contributed by atoms with Gasteiger partial charge in [-0.3, -0.25) is 0 Å². The summed E-state index contributed by atoms with van der Waals surface area (Å²) in [7, 11) is 1.47. The van der Waals surface area contributed by atoms with Crippen molar-refractivity contribution in [2.75, 3.05) is 7.11 Å². The minimum absolute atomic E-state index is 0.0949. The van der Waals surface area contributed by atoms with Crippen molar-refractivity contribution in [3.05, 3.63) is 64.5 Å². The molecule has 1 nitrogen and oxygen atoms in total. The largest absolute Gasteiger partial charge is 0.494 e. The Hall–Kier alpha value is -1.97. The zero-order valence-electron chi connectivity index (χ0n) is 22.1. The Morgan fingerprint density at radius 1 is 0.722 bits per heavy atom. The highest BCUT2D eigenvalue weighted by Gasteiger charge is 2.29. The van der Waals surface area contributed by atoms with Crippen LogP contribution in [0.3, 0.4) is 0 Å². The molecule has 0 saturated heterocycles. The molecule has 0 spiro atoms. The number of ether oxygens (including phenoxy) is 1. The second-order valence-electron chi connectivity index (χ2n) is 11.3. The van der Waals surface area contributed by atoms with Gasteiger partial charge in [0.1, 0.15) is 0 Å². The van der Waals surface area contributed by atoms with Crippen LogP contribution in [0.15, 0.2) is 30.3 Å². The van der Waals surface area contributed by atoms with Crippen molar-refractivity contribution in [2.24, 2.45) is 11.8 Å². The number of hydrogen-bond acceptors (Lipinski definition) is 1. The average molecular weight is 501 g/mol. The Balaban J connectivity index is 1.28. The van der Waals surface area contributed by atoms with Gasteiger partial charge in [-0.25, -0.2) is 13.2 Å². The van der Waals surface area contributed by atoms with E-state index in [2.05, 4.69) is 6.92 Å². The first-order valence-electron chi connectivity index (χ1n) is 14.3. The standard InChI is InChI=1S/C32H43F3O/c1-3-4-5-6-22-9-14-25(15-10-22)27-18-19-28(32(35)31(27)34)26-16-11-23(12-17-26)7-8-24-13-20-30(36-2)29(33)21-24/h13,18-23,25-26H,3-12,14-17H2,1-2H3. The lowest BCUT2D eigenvalue weighted by Gasteiger charge is -2.31. The number of benzene rings is 2. The van der Waals surface area contributed by atoms with E-state index in [0.717, 1.165) is 75.7 Å². The summed E-state index contributed by atoms with van der Waals surface area (Å²) in [5.41, 5.74) is 2.15. The van der Waals surface area contributed by atoms with Crippen LogP contribution in [0.5, 0.6) is 5.75 Å². The Morgan fingerprint density at radius 2 is 1.28 bits per heavy atom. The summed E-state index contributed by atoms with van der Waals surface area (Å²) >= 11 is 0. The van der Waals surface area contributed by atoms with Gasteiger partial charge in [-0.1, -0.05) is 50.8 Å². The van der Waals surface area contributed by atoms with Crippen LogP contribution in [-0.2, 0) is 6.42 Å². The van der Waals surface area contributed by atoms with Crippen LogP contribution in [0, 0.1) is 29.3 Å². The topological polar surface area (TPSA) is 9.23 Å². The highest BCUT2D eigenvalue weighted by atomic mass is 19.2. The van der Waals surface area contributed by atoms with Crippen LogP contribution in [0.25, 0.3) is 0 Å². The second kappa shape index (κ2) is 13.0. The number of hydrogen-bond donors (Lipinski definition) is 0. The molecule has 4 rings (SSSR count). The Bertz CT molecular complexity index is 972. The van der Waals surface area contributed by atoms with Gasteiger partial charge in [-0.05, 0) is 117 Å². The van der Waals surface area contributed by atoms with Crippen molar-refractivity contribution < 1.29 is 17.9 Å². The molecule has 2 aliphatic carbocycles. The van der Waals surface area contributed by atoms with Crippen molar-refractivity contribution in [3.63, 3.8) is 0 Å². The van der Waals surface area contributed by atoms with E-state index in [0.29, 0.717) is 17.0 Å². The van der Waals surface area contributed by atoms with Crippen LogP contribution in [0.2, 0.25) is 0 Å². The SMILES string of the molecule is CCCCCC1CCC(c2ccc(C3CCC(CCc4ccc(OC)c(F)c4)CC3)c(F)c2F)CC1. The van der Waals surface area contributed by atoms with Gasteiger partial charge in [0.15, 0.2) is 23.2 Å². The van der Waals surface area contributed by atoms with Gasteiger partial charge < -0.3 is 4.74 Å². The second-order valence-corrected chi connectivity index (χ2v) is 11.3. The molecule has 2 aromatic carbocycles. The van der Waals surface area contributed by atoms with Gasteiger partial charge >= 0.3 is 0 Å². The maximum absolute atomic E-state index is 15.2. The Kier molecular flexibility index (Phi) is 9.79. The van der Waals surface area contributed by atoms with Crippen LogP contribution in [0.1, 0.15) is 119 Å². The molecule has 0 unspecified atom stereocenters. The zero-order valence-corrected chi connectivity index (χ0v) is 22.1. The molecule has 2 aromatic rings. The maximum Gasteiger partial charge on any atom is 0.165 e. The van der Waals surface area contributed by atoms with Crippen molar-refractivity contribution in [1.29, 1.82) is 0 Å². The fourth-order valence-corrected chi connectivity index (χ4v) is 6.65. The fourth-order valence-electron chi connectivity index (χ4n) is 6.65. The number of unbranched alkanes of at least 4 members (excludes halogenated alkanes) is 2. The summed E-state index contributed by atoms with van der Waals surface area (Å²) in [6.45, 7) is 2.23. The molecule has 2 saturated carbocycles. The third-order valence-electron chi connectivity index (χ3n) is 8.99. The van der Waals surface area contributed by atoms with E-state index in [1.165, 1.54) is 32.8 Å². The monoisotopic (exact) mass is 500 g/mol. The predicted molar refractivity (Wildman–Crippen MR) is 141 cm³/mol. The van der Waals surface area contributed by atoms with Crippen LogP contribution in [0.4, 0.5) is 13.2 Å². The summed E-state index contributed by atoms with van der Waals surface area (Å²) in [6.07, 6.45) is 15.0. The summed E-state index contributed by atoms with van der Waals surface area (Å²) in [5, 5.41) is 0. The van der Waals surface area contributed by atoms with Crippen molar-refractivity contribution >= 4 is 0 Å². The minimum Gasteiger partial charge on any atom is -0.494 e. The van der Waals surface area contributed by atoms with E-state index in [4.69, 9.17) is 4.74 Å². The van der Waals surface area contributed by atoms with Crippen LogP contribution in [-0.4, -0.2) is 7.11 Å². The lowest BCUT2D eigenvalue weighted by Crippen LogP contribution is -2.17. The lowest BCUT2D eigenvalue weighted by molar-refractivity contribution is 0.294. The first-order chi connectivity index (χ1) is 17.5. The van der Waals surface area contributed by atoms with Crippen LogP contribution >= 0.6 is 0 Å². The summed E-state index contributed by atoms with van der Waals surface area (Å²) in [6, 6.07) is 8.93.